The van der Waals surface area contributed by atoms with E-state index in [-0.39, 0.29) is 10.8 Å². The molecule has 1 heterocycles. The first kappa shape index (κ1) is 15.9. The van der Waals surface area contributed by atoms with Crippen LogP contribution in [0.2, 0.25) is 0 Å². The number of rotatable bonds is 6. The Balaban J connectivity index is 2.05. The van der Waals surface area contributed by atoms with Crippen LogP contribution in [0.3, 0.4) is 0 Å². The topological polar surface area (TPSA) is 78.5 Å². The molecule has 1 aromatic rings. The van der Waals surface area contributed by atoms with Crippen LogP contribution in [0.4, 0.5) is 5.69 Å². The van der Waals surface area contributed by atoms with Crippen LogP contribution < -0.4 is 10.0 Å². The van der Waals surface area contributed by atoms with E-state index >= 15 is 0 Å². The molecule has 0 bridgehead atoms. The van der Waals surface area contributed by atoms with Gasteiger partial charge in [-0.1, -0.05) is 0 Å². The molecule has 0 aliphatic carbocycles. The summed E-state index contributed by atoms with van der Waals surface area (Å²) in [6, 6.07) is 4.82. The molecule has 0 atom stereocenters. The summed E-state index contributed by atoms with van der Waals surface area (Å²) in [6.45, 7) is 1.24. The molecule has 0 unspecified atom stereocenters. The first-order valence-electron chi connectivity index (χ1n) is 6.96. The molecule has 1 amide bonds. The first-order chi connectivity index (χ1) is 9.88. The van der Waals surface area contributed by atoms with Gasteiger partial charge in [0, 0.05) is 18.7 Å². The molecular formula is C14H21N3O3S. The van der Waals surface area contributed by atoms with Gasteiger partial charge in [0.25, 0.3) is 0 Å². The van der Waals surface area contributed by atoms with Gasteiger partial charge in [-0.05, 0) is 57.2 Å². The quantitative estimate of drug-likeness (QED) is 0.762. The number of anilines is 1. The van der Waals surface area contributed by atoms with E-state index in [1.165, 1.54) is 6.07 Å². The fourth-order valence-corrected chi connectivity index (χ4v) is 3.34. The summed E-state index contributed by atoms with van der Waals surface area (Å²) in [6.07, 6.45) is 1.73. The lowest BCUT2D eigenvalue weighted by Crippen LogP contribution is -2.27. The molecule has 116 valence electrons. The largest absolute Gasteiger partial charge is 0.326 e. The molecule has 7 heteroatoms. The van der Waals surface area contributed by atoms with Crippen LogP contribution >= 0.6 is 0 Å². The second-order valence-electron chi connectivity index (χ2n) is 5.42. The van der Waals surface area contributed by atoms with E-state index in [0.29, 0.717) is 25.1 Å². The summed E-state index contributed by atoms with van der Waals surface area (Å²) in [5, 5.41) is 2.74. The minimum atomic E-state index is -3.49. The highest BCUT2D eigenvalue weighted by atomic mass is 32.2. The smallest absolute Gasteiger partial charge is 0.240 e. The molecule has 1 aliphatic rings. The van der Waals surface area contributed by atoms with E-state index in [9.17, 15) is 13.2 Å². The van der Waals surface area contributed by atoms with Gasteiger partial charge in [0.1, 0.15) is 0 Å². The molecule has 0 spiro atoms. The Hall–Kier alpha value is -1.44. The lowest BCUT2D eigenvalue weighted by molar-refractivity contribution is -0.116. The Morgan fingerprint density at radius 2 is 2.05 bits per heavy atom. The summed E-state index contributed by atoms with van der Waals surface area (Å²) in [5.41, 5.74) is 1.57. The fourth-order valence-electron chi connectivity index (χ4n) is 2.21. The van der Waals surface area contributed by atoms with E-state index in [1.54, 1.807) is 12.1 Å². The summed E-state index contributed by atoms with van der Waals surface area (Å²) in [4.78, 5) is 13.6. The molecule has 0 saturated carbocycles. The third-order valence-corrected chi connectivity index (χ3v) is 4.82. The number of benzene rings is 1. The summed E-state index contributed by atoms with van der Waals surface area (Å²) >= 11 is 0. The Morgan fingerprint density at radius 1 is 1.29 bits per heavy atom. The molecule has 1 aromatic carbocycles. The van der Waals surface area contributed by atoms with Crippen molar-refractivity contribution in [2.75, 3.05) is 32.5 Å². The van der Waals surface area contributed by atoms with Crippen LogP contribution in [-0.4, -0.2) is 46.4 Å². The zero-order valence-electron chi connectivity index (χ0n) is 12.3. The number of sulfonamides is 1. The minimum Gasteiger partial charge on any atom is -0.326 e. The molecule has 0 aromatic heterocycles. The highest BCUT2D eigenvalue weighted by Gasteiger charge is 2.19. The molecule has 0 saturated heterocycles. The number of fused-ring (bicyclic) bond motifs is 1. The van der Waals surface area contributed by atoms with Gasteiger partial charge in [0.2, 0.25) is 15.9 Å². The maximum absolute atomic E-state index is 12.2. The van der Waals surface area contributed by atoms with E-state index in [2.05, 4.69) is 10.0 Å². The lowest BCUT2D eigenvalue weighted by atomic mass is 10.0. The minimum absolute atomic E-state index is 0.0279. The Bertz CT molecular complexity index is 626. The van der Waals surface area contributed by atoms with Gasteiger partial charge in [-0.25, -0.2) is 13.1 Å². The molecular weight excluding hydrogens is 290 g/mol. The van der Waals surface area contributed by atoms with Gasteiger partial charge in [0.15, 0.2) is 0 Å². The number of nitrogens with zero attached hydrogens (tertiary/aromatic N) is 1. The van der Waals surface area contributed by atoms with Crippen molar-refractivity contribution in [3.8, 4) is 0 Å². The van der Waals surface area contributed by atoms with E-state index in [0.717, 1.165) is 18.5 Å². The summed E-state index contributed by atoms with van der Waals surface area (Å²) in [5.74, 6) is -0.0279. The highest BCUT2D eigenvalue weighted by molar-refractivity contribution is 7.89. The van der Waals surface area contributed by atoms with E-state index in [1.807, 2.05) is 19.0 Å². The average molecular weight is 311 g/mol. The zero-order chi connectivity index (χ0) is 15.5. The molecule has 6 nitrogen and oxygen atoms in total. The number of amides is 1. The van der Waals surface area contributed by atoms with Crippen molar-refractivity contribution in [2.45, 2.75) is 24.2 Å². The summed E-state index contributed by atoms with van der Waals surface area (Å²) in [7, 11) is 0.415. The summed E-state index contributed by atoms with van der Waals surface area (Å²) < 4.78 is 27.0. The van der Waals surface area contributed by atoms with Crippen LogP contribution in [0.25, 0.3) is 0 Å². The lowest BCUT2D eigenvalue weighted by Gasteiger charge is -2.17. The van der Waals surface area contributed by atoms with E-state index in [4.69, 9.17) is 0 Å². The van der Waals surface area contributed by atoms with Crippen LogP contribution in [0.5, 0.6) is 0 Å². The molecule has 2 rings (SSSR count). The van der Waals surface area contributed by atoms with Crippen molar-refractivity contribution in [2.24, 2.45) is 0 Å². The molecule has 0 fully saturated rings. The van der Waals surface area contributed by atoms with Crippen LogP contribution in [0.15, 0.2) is 23.1 Å². The number of hydrogen-bond donors (Lipinski definition) is 2. The van der Waals surface area contributed by atoms with Crippen molar-refractivity contribution >= 4 is 21.6 Å². The number of carbonyl (C=O) groups is 1. The number of carbonyl (C=O) groups excluding carboxylic acids is 1. The SMILES string of the molecule is CN(C)CCCNS(=O)(=O)c1ccc2c(c1)CCC(=O)N2. The van der Waals surface area contributed by atoms with Gasteiger partial charge < -0.3 is 10.2 Å². The standard InChI is InChI=1S/C14H21N3O3S/c1-17(2)9-3-8-15-21(19,20)12-5-6-13-11(10-12)4-7-14(18)16-13/h5-6,10,15H,3-4,7-9H2,1-2H3,(H,16,18). The van der Waals surface area contributed by atoms with E-state index < -0.39 is 10.0 Å². The van der Waals surface area contributed by atoms with Crippen molar-refractivity contribution in [1.82, 2.24) is 9.62 Å². The van der Waals surface area contributed by atoms with Crippen molar-refractivity contribution in [3.05, 3.63) is 23.8 Å². The average Bonchev–Trinajstić information content (AvgIpc) is 2.43. The number of hydrogen-bond acceptors (Lipinski definition) is 4. The molecule has 2 N–H and O–H groups in total. The maximum Gasteiger partial charge on any atom is 0.240 e. The predicted molar refractivity (Wildman–Crippen MR) is 81.8 cm³/mol. The first-order valence-corrected chi connectivity index (χ1v) is 8.44. The second-order valence-corrected chi connectivity index (χ2v) is 7.19. The monoisotopic (exact) mass is 311 g/mol. The van der Waals surface area contributed by atoms with Crippen molar-refractivity contribution in [1.29, 1.82) is 0 Å². The Labute approximate surface area is 125 Å². The molecule has 0 radical (unpaired) electrons. The van der Waals surface area contributed by atoms with Crippen LogP contribution in [-0.2, 0) is 21.2 Å². The number of nitrogens with one attached hydrogen (secondary N) is 2. The number of aryl methyl sites for hydroxylation is 1. The third kappa shape index (κ3) is 4.26. The zero-order valence-corrected chi connectivity index (χ0v) is 13.2. The highest BCUT2D eigenvalue weighted by Crippen LogP contribution is 2.25. The molecule has 1 aliphatic heterocycles. The van der Waals surface area contributed by atoms with Gasteiger partial charge in [-0.2, -0.15) is 0 Å². The van der Waals surface area contributed by atoms with Gasteiger partial charge in [-0.3, -0.25) is 4.79 Å². The Kier molecular flexibility index (Phi) is 4.97. The fraction of sp³-hybridized carbons (Fsp3) is 0.500. The van der Waals surface area contributed by atoms with Crippen molar-refractivity contribution in [3.63, 3.8) is 0 Å². The van der Waals surface area contributed by atoms with Gasteiger partial charge in [-0.15, -0.1) is 0 Å². The van der Waals surface area contributed by atoms with Crippen molar-refractivity contribution < 1.29 is 13.2 Å². The van der Waals surface area contributed by atoms with Crippen LogP contribution in [0, 0.1) is 0 Å². The van der Waals surface area contributed by atoms with Gasteiger partial charge in [0.05, 0.1) is 4.90 Å². The van der Waals surface area contributed by atoms with Crippen LogP contribution in [0.1, 0.15) is 18.4 Å². The normalized spacial score (nSPS) is 14.9. The van der Waals surface area contributed by atoms with Gasteiger partial charge >= 0.3 is 0 Å². The molecule has 21 heavy (non-hydrogen) atoms. The maximum atomic E-state index is 12.2. The Morgan fingerprint density at radius 3 is 2.76 bits per heavy atom. The second kappa shape index (κ2) is 6.55. The predicted octanol–water partition coefficient (Wildman–Crippen LogP) is 0.801. The third-order valence-electron chi connectivity index (χ3n) is 3.36.